The molecule has 1 atom stereocenters. The van der Waals surface area contributed by atoms with Gasteiger partial charge >= 0.3 is 0 Å². The number of hydrogen-bond donors (Lipinski definition) is 1. The summed E-state index contributed by atoms with van der Waals surface area (Å²) < 4.78 is 0. The Bertz CT molecular complexity index is 441. The van der Waals surface area contributed by atoms with Crippen LogP contribution in [-0.2, 0) is 0 Å². The van der Waals surface area contributed by atoms with Crippen molar-refractivity contribution < 1.29 is 4.79 Å². The summed E-state index contributed by atoms with van der Waals surface area (Å²) in [6, 6.07) is 5.01. The zero-order valence-electron chi connectivity index (χ0n) is 13.0. The van der Waals surface area contributed by atoms with Gasteiger partial charge in [-0.05, 0) is 57.6 Å². The molecule has 0 aliphatic rings. The minimum atomic E-state index is -0.130. The van der Waals surface area contributed by atoms with Crippen LogP contribution in [0.3, 0.4) is 0 Å². The Labute approximate surface area is 137 Å². The summed E-state index contributed by atoms with van der Waals surface area (Å²) >= 11 is 11.8. The minimum Gasteiger partial charge on any atom is -0.350 e. The molecule has 1 rings (SSSR count). The van der Waals surface area contributed by atoms with Crippen LogP contribution in [0.25, 0.3) is 0 Å². The highest BCUT2D eigenvalue weighted by atomic mass is 35.5. The lowest BCUT2D eigenvalue weighted by atomic mass is 10.1. The van der Waals surface area contributed by atoms with Crippen LogP contribution < -0.4 is 5.32 Å². The Kier molecular flexibility index (Phi) is 8.09. The molecule has 1 aromatic carbocycles. The molecule has 0 saturated heterocycles. The first kappa shape index (κ1) is 18.3. The molecule has 5 heteroatoms. The maximum Gasteiger partial charge on any atom is 0.251 e. The average molecular weight is 331 g/mol. The highest BCUT2D eigenvalue weighted by Crippen LogP contribution is 2.19. The zero-order valence-corrected chi connectivity index (χ0v) is 14.5. The predicted molar refractivity (Wildman–Crippen MR) is 90.4 cm³/mol. The normalized spacial score (nSPS) is 12.5. The molecule has 3 nitrogen and oxygen atoms in total. The van der Waals surface area contributed by atoms with Gasteiger partial charge in [-0.1, -0.05) is 37.0 Å². The lowest BCUT2D eigenvalue weighted by molar-refractivity contribution is 0.0937. The topological polar surface area (TPSA) is 32.3 Å². The number of carbonyl (C=O) groups excluding carboxylic acids is 1. The molecule has 0 aliphatic heterocycles. The Balaban J connectivity index is 2.43. The molecule has 0 saturated carbocycles. The summed E-state index contributed by atoms with van der Waals surface area (Å²) in [5.74, 6) is -0.130. The van der Waals surface area contributed by atoms with Gasteiger partial charge in [0.1, 0.15) is 0 Å². The molecule has 0 radical (unpaired) electrons. The standard InChI is InChI=1S/C16H24Cl2N2O/c1-4-20(5-2)8-6-7-12(3)19-16(21)13-9-14(17)11-15(18)10-13/h9-12H,4-8H2,1-3H3,(H,19,21)/t12-/m0/s1. The molecule has 0 aliphatic carbocycles. The number of nitrogens with zero attached hydrogens (tertiary/aromatic N) is 1. The second-order valence-electron chi connectivity index (χ2n) is 5.20. The van der Waals surface area contributed by atoms with E-state index in [2.05, 4.69) is 24.1 Å². The molecular weight excluding hydrogens is 307 g/mol. The molecule has 118 valence electrons. The third-order valence-electron chi connectivity index (χ3n) is 3.51. The number of halogens is 2. The third-order valence-corrected chi connectivity index (χ3v) is 3.94. The van der Waals surface area contributed by atoms with Crippen molar-refractivity contribution >= 4 is 29.1 Å². The Morgan fingerprint density at radius 2 is 1.76 bits per heavy atom. The van der Waals surface area contributed by atoms with Gasteiger partial charge in [-0.2, -0.15) is 0 Å². The molecule has 0 spiro atoms. The fourth-order valence-corrected chi connectivity index (χ4v) is 2.75. The highest BCUT2D eigenvalue weighted by molar-refractivity contribution is 6.35. The van der Waals surface area contributed by atoms with Crippen molar-refractivity contribution in [3.05, 3.63) is 33.8 Å². The second kappa shape index (κ2) is 9.29. The van der Waals surface area contributed by atoms with E-state index >= 15 is 0 Å². The lowest BCUT2D eigenvalue weighted by Gasteiger charge is -2.19. The van der Waals surface area contributed by atoms with Crippen LogP contribution in [0.4, 0.5) is 0 Å². The average Bonchev–Trinajstić information content (AvgIpc) is 2.42. The van der Waals surface area contributed by atoms with E-state index in [9.17, 15) is 4.79 Å². The number of hydrogen-bond acceptors (Lipinski definition) is 2. The molecule has 0 aromatic heterocycles. The number of amides is 1. The summed E-state index contributed by atoms with van der Waals surface area (Å²) in [4.78, 5) is 14.5. The molecule has 21 heavy (non-hydrogen) atoms. The van der Waals surface area contributed by atoms with Crippen LogP contribution in [0, 0.1) is 0 Å². The van der Waals surface area contributed by atoms with Gasteiger partial charge in [-0.3, -0.25) is 4.79 Å². The van der Waals surface area contributed by atoms with Gasteiger partial charge < -0.3 is 10.2 Å². The maximum absolute atomic E-state index is 12.1. The molecule has 1 N–H and O–H groups in total. The van der Waals surface area contributed by atoms with E-state index in [1.807, 2.05) is 6.92 Å². The van der Waals surface area contributed by atoms with Gasteiger partial charge in [0.15, 0.2) is 0 Å². The van der Waals surface area contributed by atoms with Gasteiger partial charge in [0, 0.05) is 21.7 Å². The van der Waals surface area contributed by atoms with Crippen LogP contribution in [0.1, 0.15) is 44.0 Å². The quantitative estimate of drug-likeness (QED) is 0.773. The van der Waals surface area contributed by atoms with Gasteiger partial charge in [0.05, 0.1) is 0 Å². The van der Waals surface area contributed by atoms with Crippen molar-refractivity contribution in [2.24, 2.45) is 0 Å². The molecule has 1 aromatic rings. The van der Waals surface area contributed by atoms with E-state index in [1.54, 1.807) is 18.2 Å². The third kappa shape index (κ3) is 6.68. The SMILES string of the molecule is CCN(CC)CCC[C@H](C)NC(=O)c1cc(Cl)cc(Cl)c1. The number of nitrogens with one attached hydrogen (secondary N) is 1. The molecule has 0 fully saturated rings. The first-order chi connectivity index (χ1) is 9.96. The van der Waals surface area contributed by atoms with Crippen LogP contribution >= 0.6 is 23.2 Å². The monoisotopic (exact) mass is 330 g/mol. The van der Waals surface area contributed by atoms with Crippen LogP contribution in [0.15, 0.2) is 18.2 Å². The zero-order chi connectivity index (χ0) is 15.8. The Morgan fingerprint density at radius 1 is 1.19 bits per heavy atom. The van der Waals surface area contributed by atoms with Crippen LogP contribution in [0.5, 0.6) is 0 Å². The molecule has 0 unspecified atom stereocenters. The lowest BCUT2D eigenvalue weighted by Crippen LogP contribution is -2.33. The van der Waals surface area contributed by atoms with Crippen molar-refractivity contribution in [1.29, 1.82) is 0 Å². The summed E-state index contributed by atoms with van der Waals surface area (Å²) in [6.07, 6.45) is 2.02. The van der Waals surface area contributed by atoms with Crippen molar-refractivity contribution in [2.45, 2.75) is 39.7 Å². The van der Waals surface area contributed by atoms with Crippen molar-refractivity contribution in [1.82, 2.24) is 10.2 Å². The van der Waals surface area contributed by atoms with Gasteiger partial charge in [-0.25, -0.2) is 0 Å². The molecule has 1 amide bonds. The van der Waals surface area contributed by atoms with E-state index in [-0.39, 0.29) is 11.9 Å². The van der Waals surface area contributed by atoms with Gasteiger partial charge in [0.25, 0.3) is 5.91 Å². The maximum atomic E-state index is 12.1. The first-order valence-corrected chi connectivity index (χ1v) is 8.21. The van der Waals surface area contributed by atoms with Crippen molar-refractivity contribution in [3.63, 3.8) is 0 Å². The van der Waals surface area contributed by atoms with E-state index < -0.39 is 0 Å². The second-order valence-corrected chi connectivity index (χ2v) is 6.07. The summed E-state index contributed by atoms with van der Waals surface area (Å²) in [7, 11) is 0. The van der Waals surface area contributed by atoms with Crippen LogP contribution in [-0.4, -0.2) is 36.5 Å². The molecule has 0 bridgehead atoms. The fraction of sp³-hybridized carbons (Fsp3) is 0.562. The Hall–Kier alpha value is -0.770. The molecular formula is C16H24Cl2N2O. The first-order valence-electron chi connectivity index (χ1n) is 7.45. The van der Waals surface area contributed by atoms with Crippen molar-refractivity contribution in [3.8, 4) is 0 Å². The largest absolute Gasteiger partial charge is 0.350 e. The summed E-state index contributed by atoms with van der Waals surface area (Å²) in [5.41, 5.74) is 0.503. The predicted octanol–water partition coefficient (Wildman–Crippen LogP) is 4.23. The fourth-order valence-electron chi connectivity index (χ4n) is 2.23. The molecule has 0 heterocycles. The van der Waals surface area contributed by atoms with E-state index in [4.69, 9.17) is 23.2 Å². The van der Waals surface area contributed by atoms with Crippen molar-refractivity contribution in [2.75, 3.05) is 19.6 Å². The van der Waals surface area contributed by atoms with E-state index in [0.29, 0.717) is 15.6 Å². The number of benzene rings is 1. The minimum absolute atomic E-state index is 0.130. The number of carbonyl (C=O) groups is 1. The van der Waals surface area contributed by atoms with Gasteiger partial charge in [0.2, 0.25) is 0 Å². The van der Waals surface area contributed by atoms with E-state index in [1.165, 1.54) is 0 Å². The highest BCUT2D eigenvalue weighted by Gasteiger charge is 2.11. The smallest absolute Gasteiger partial charge is 0.251 e. The summed E-state index contributed by atoms with van der Waals surface area (Å²) in [5, 5.41) is 3.93. The van der Waals surface area contributed by atoms with Gasteiger partial charge in [-0.15, -0.1) is 0 Å². The van der Waals surface area contributed by atoms with Crippen LogP contribution in [0.2, 0.25) is 10.0 Å². The summed E-state index contributed by atoms with van der Waals surface area (Å²) in [6.45, 7) is 9.55. The van der Waals surface area contributed by atoms with E-state index in [0.717, 1.165) is 32.5 Å². The number of rotatable bonds is 8. The Morgan fingerprint density at radius 3 is 2.29 bits per heavy atom.